The number of fused-ring (bicyclic) bond motifs is 5. The van der Waals surface area contributed by atoms with Gasteiger partial charge in [0.2, 0.25) is 0 Å². The number of aliphatic imine (C=N–C) groups is 1. The summed E-state index contributed by atoms with van der Waals surface area (Å²) in [5, 5.41) is 24.2. The molecule has 33 heavy (non-hydrogen) atoms. The van der Waals surface area contributed by atoms with Crippen LogP contribution in [0.1, 0.15) is 77.2 Å². The molecule has 4 aliphatic carbocycles. The second-order valence-electron chi connectivity index (χ2n) is 11.7. The SMILES string of the molecule is C[C@]12CCC(OCCN=C(N)N)CC1CC[C@@H]1[C@H]2CC[C@]2(C)C(O)(c3ccoc3)CC[C@@]12O. The first-order chi connectivity index (χ1) is 15.6. The zero-order chi connectivity index (χ0) is 23.5. The van der Waals surface area contributed by atoms with Gasteiger partial charge < -0.3 is 30.8 Å². The number of rotatable bonds is 5. The Bertz CT molecular complexity index is 886. The van der Waals surface area contributed by atoms with E-state index in [0.717, 1.165) is 50.5 Å². The maximum atomic E-state index is 12.3. The fourth-order valence-electron chi connectivity index (χ4n) is 8.71. The summed E-state index contributed by atoms with van der Waals surface area (Å²) < 4.78 is 11.5. The van der Waals surface area contributed by atoms with E-state index in [1.165, 1.54) is 0 Å². The standard InChI is InChI=1S/C26H41N3O4/c1-23-8-5-19(33-14-12-29-22(27)28)15-17(23)3-4-21-20(23)6-9-24(2)25(30,10-11-26(21,24)31)18-7-13-32-16-18/h7,13,16-17,19-21,30-31H,3-6,8-12,14-15H2,1-2H3,(H4,27,28,29)/t17?,19?,20-,21-,23+,24-,25?,26-/m1/s1. The van der Waals surface area contributed by atoms with Crippen LogP contribution < -0.4 is 11.5 Å². The molecule has 0 bridgehead atoms. The number of nitrogens with zero attached hydrogens (tertiary/aromatic N) is 1. The molecule has 0 aliphatic heterocycles. The van der Waals surface area contributed by atoms with Crippen molar-refractivity contribution in [3.8, 4) is 0 Å². The van der Waals surface area contributed by atoms with Gasteiger partial charge in [0.1, 0.15) is 5.60 Å². The highest BCUT2D eigenvalue weighted by molar-refractivity contribution is 5.75. The molecular formula is C26H41N3O4. The topological polar surface area (TPSA) is 127 Å². The zero-order valence-corrected chi connectivity index (χ0v) is 20.1. The average Bonchev–Trinajstić information content (AvgIpc) is 3.39. The Hall–Kier alpha value is -1.57. The molecule has 1 aromatic rings. The van der Waals surface area contributed by atoms with Gasteiger partial charge in [0, 0.05) is 11.0 Å². The number of aliphatic hydroxyl groups is 2. The summed E-state index contributed by atoms with van der Waals surface area (Å²) in [7, 11) is 0. The molecule has 1 aromatic heterocycles. The van der Waals surface area contributed by atoms with Gasteiger partial charge in [-0.2, -0.15) is 0 Å². The lowest BCUT2D eigenvalue weighted by molar-refractivity contribution is -0.239. The van der Waals surface area contributed by atoms with Gasteiger partial charge in [0.25, 0.3) is 0 Å². The third-order valence-electron chi connectivity index (χ3n) is 10.7. The van der Waals surface area contributed by atoms with E-state index < -0.39 is 16.6 Å². The summed E-state index contributed by atoms with van der Waals surface area (Å²) in [6, 6.07) is 1.87. The molecular weight excluding hydrogens is 418 g/mol. The van der Waals surface area contributed by atoms with Gasteiger partial charge in [-0.1, -0.05) is 13.8 Å². The lowest BCUT2D eigenvalue weighted by atomic mass is 9.43. The molecule has 4 aliphatic rings. The fourth-order valence-corrected chi connectivity index (χ4v) is 8.71. The minimum Gasteiger partial charge on any atom is -0.472 e. The van der Waals surface area contributed by atoms with Crippen LogP contribution in [0.2, 0.25) is 0 Å². The van der Waals surface area contributed by atoms with Crippen molar-refractivity contribution in [2.45, 2.75) is 88.9 Å². The Balaban J connectivity index is 1.32. The first-order valence-electron chi connectivity index (χ1n) is 12.8. The van der Waals surface area contributed by atoms with E-state index in [4.69, 9.17) is 20.6 Å². The largest absolute Gasteiger partial charge is 0.472 e. The molecule has 8 atom stereocenters. The van der Waals surface area contributed by atoms with Crippen LogP contribution in [-0.4, -0.2) is 41.0 Å². The highest BCUT2D eigenvalue weighted by Gasteiger charge is 2.72. The van der Waals surface area contributed by atoms with Gasteiger partial charge >= 0.3 is 0 Å². The van der Waals surface area contributed by atoms with Crippen molar-refractivity contribution >= 4 is 5.96 Å². The highest BCUT2D eigenvalue weighted by Crippen LogP contribution is 2.71. The number of hydrogen-bond acceptors (Lipinski definition) is 5. The van der Waals surface area contributed by atoms with Crippen molar-refractivity contribution in [3.63, 3.8) is 0 Å². The number of hydrogen-bond donors (Lipinski definition) is 4. The summed E-state index contributed by atoms with van der Waals surface area (Å²) >= 11 is 0. The van der Waals surface area contributed by atoms with E-state index in [1.54, 1.807) is 12.5 Å². The molecule has 4 fully saturated rings. The molecule has 0 saturated heterocycles. The van der Waals surface area contributed by atoms with Crippen LogP contribution in [0.25, 0.3) is 0 Å². The van der Waals surface area contributed by atoms with Crippen molar-refractivity contribution in [2.75, 3.05) is 13.2 Å². The quantitative estimate of drug-likeness (QED) is 0.304. The third-order valence-corrected chi connectivity index (χ3v) is 10.7. The van der Waals surface area contributed by atoms with Crippen LogP contribution in [0, 0.1) is 28.6 Å². The minimum atomic E-state index is -1.03. The molecule has 6 N–H and O–H groups in total. The molecule has 184 valence electrons. The van der Waals surface area contributed by atoms with Crippen molar-refractivity contribution in [1.82, 2.24) is 0 Å². The minimum absolute atomic E-state index is 0.113. The molecule has 7 heteroatoms. The van der Waals surface area contributed by atoms with Crippen LogP contribution >= 0.6 is 0 Å². The second-order valence-corrected chi connectivity index (χ2v) is 11.7. The molecule has 3 unspecified atom stereocenters. The van der Waals surface area contributed by atoms with Gasteiger partial charge in [-0.3, -0.25) is 4.99 Å². The van der Waals surface area contributed by atoms with Crippen molar-refractivity contribution in [2.24, 2.45) is 45.0 Å². The van der Waals surface area contributed by atoms with E-state index in [9.17, 15) is 10.2 Å². The zero-order valence-electron chi connectivity index (χ0n) is 20.1. The second kappa shape index (κ2) is 7.99. The molecule has 0 amide bonds. The van der Waals surface area contributed by atoms with E-state index in [-0.39, 0.29) is 23.4 Å². The van der Waals surface area contributed by atoms with E-state index in [2.05, 4.69) is 18.8 Å². The highest BCUT2D eigenvalue weighted by atomic mass is 16.5. The van der Waals surface area contributed by atoms with Crippen LogP contribution in [0.4, 0.5) is 0 Å². The van der Waals surface area contributed by atoms with Gasteiger partial charge in [0.15, 0.2) is 5.96 Å². The third kappa shape index (κ3) is 3.29. The molecule has 4 saturated carbocycles. The Kier molecular flexibility index (Phi) is 5.61. The first kappa shape index (κ1) is 23.2. The predicted molar refractivity (Wildman–Crippen MR) is 126 cm³/mol. The summed E-state index contributed by atoms with van der Waals surface area (Å²) in [5.41, 5.74) is 9.43. The Morgan fingerprint density at radius 1 is 1.09 bits per heavy atom. The van der Waals surface area contributed by atoms with Crippen molar-refractivity contribution < 1.29 is 19.4 Å². The molecule has 1 heterocycles. The Labute approximate surface area is 197 Å². The molecule has 0 aromatic carbocycles. The monoisotopic (exact) mass is 459 g/mol. The molecule has 0 radical (unpaired) electrons. The summed E-state index contributed by atoms with van der Waals surface area (Å²) in [4.78, 5) is 4.03. The number of ether oxygens (including phenoxy) is 1. The number of furan rings is 1. The van der Waals surface area contributed by atoms with Crippen LogP contribution in [-0.2, 0) is 10.3 Å². The molecule has 0 spiro atoms. The van der Waals surface area contributed by atoms with E-state index in [1.807, 2.05) is 6.07 Å². The summed E-state index contributed by atoms with van der Waals surface area (Å²) in [6.45, 7) is 5.66. The summed E-state index contributed by atoms with van der Waals surface area (Å²) in [5.74, 6) is 1.45. The van der Waals surface area contributed by atoms with Crippen LogP contribution in [0.3, 0.4) is 0 Å². The Morgan fingerprint density at radius 3 is 2.64 bits per heavy atom. The summed E-state index contributed by atoms with van der Waals surface area (Å²) in [6.07, 6.45) is 12.1. The van der Waals surface area contributed by atoms with Crippen molar-refractivity contribution in [3.05, 3.63) is 24.2 Å². The van der Waals surface area contributed by atoms with E-state index in [0.29, 0.717) is 37.8 Å². The number of nitrogens with two attached hydrogens (primary N) is 2. The van der Waals surface area contributed by atoms with Gasteiger partial charge in [-0.25, -0.2) is 0 Å². The molecule has 5 rings (SSSR count). The maximum Gasteiger partial charge on any atom is 0.185 e. The normalized spacial score (nSPS) is 46.8. The maximum absolute atomic E-state index is 12.3. The van der Waals surface area contributed by atoms with Gasteiger partial charge in [0.05, 0.1) is 37.4 Å². The number of guanidine groups is 1. The first-order valence-corrected chi connectivity index (χ1v) is 12.8. The van der Waals surface area contributed by atoms with E-state index >= 15 is 0 Å². The smallest absolute Gasteiger partial charge is 0.185 e. The lowest BCUT2D eigenvalue weighted by Crippen LogP contribution is -2.64. The van der Waals surface area contributed by atoms with Crippen LogP contribution in [0.15, 0.2) is 28.0 Å². The van der Waals surface area contributed by atoms with Crippen molar-refractivity contribution in [1.29, 1.82) is 0 Å². The Morgan fingerprint density at radius 2 is 1.91 bits per heavy atom. The van der Waals surface area contributed by atoms with Gasteiger partial charge in [-0.05, 0) is 87.0 Å². The van der Waals surface area contributed by atoms with Gasteiger partial charge in [-0.15, -0.1) is 0 Å². The lowest BCUT2D eigenvalue weighted by Gasteiger charge is -2.64. The fraction of sp³-hybridized carbons (Fsp3) is 0.808. The molecule has 7 nitrogen and oxygen atoms in total. The average molecular weight is 460 g/mol. The van der Waals surface area contributed by atoms with Crippen LogP contribution in [0.5, 0.6) is 0 Å². The predicted octanol–water partition coefficient (Wildman–Crippen LogP) is 3.28.